The van der Waals surface area contributed by atoms with Crippen molar-refractivity contribution in [2.45, 2.75) is 58.6 Å². The molecule has 0 bridgehead atoms. The van der Waals surface area contributed by atoms with Gasteiger partial charge in [-0.1, -0.05) is 0 Å². The molecule has 1 atom stereocenters. The van der Waals surface area contributed by atoms with Gasteiger partial charge < -0.3 is 15.0 Å². The molecule has 3 aromatic heterocycles. The van der Waals surface area contributed by atoms with E-state index in [4.69, 9.17) is 4.74 Å². The van der Waals surface area contributed by atoms with Gasteiger partial charge in [0.05, 0.1) is 23.4 Å². The Balaban J connectivity index is 1.44. The first kappa shape index (κ1) is 24.5. The Morgan fingerprint density at radius 3 is 2.63 bits per heavy atom. The van der Waals surface area contributed by atoms with Crippen molar-refractivity contribution in [3.8, 4) is 0 Å². The lowest BCUT2D eigenvalue weighted by atomic mass is 9.96. The maximum atomic E-state index is 13.1. The Hall–Kier alpha value is -3.60. The topological polar surface area (TPSA) is 126 Å². The number of nitrogens with one attached hydrogen (secondary N) is 2. The molecule has 4 rings (SSSR count). The fourth-order valence-corrected chi connectivity index (χ4v) is 4.58. The normalized spacial score (nSPS) is 16.1. The number of nitrogens with zero attached hydrogens (tertiary/aromatic N) is 4. The van der Waals surface area contributed by atoms with Crippen molar-refractivity contribution < 1.29 is 19.1 Å². The average molecular weight is 497 g/mol. The molecule has 1 aliphatic rings. The largest absolute Gasteiger partial charge is 0.444 e. The number of fused-ring (bicyclic) bond motifs is 1. The van der Waals surface area contributed by atoms with E-state index in [2.05, 4.69) is 25.6 Å². The summed E-state index contributed by atoms with van der Waals surface area (Å²) < 4.78 is 5.24. The number of pyridine rings is 2. The molecule has 10 nitrogen and oxygen atoms in total. The van der Waals surface area contributed by atoms with Crippen LogP contribution in [-0.4, -0.2) is 49.9 Å². The van der Waals surface area contributed by atoms with Gasteiger partial charge >= 0.3 is 17.9 Å². The van der Waals surface area contributed by atoms with Crippen molar-refractivity contribution in [1.29, 1.82) is 0 Å². The van der Waals surface area contributed by atoms with E-state index in [1.807, 2.05) is 6.07 Å². The van der Waals surface area contributed by atoms with E-state index in [9.17, 15) is 14.4 Å². The van der Waals surface area contributed by atoms with Crippen molar-refractivity contribution in [1.82, 2.24) is 19.9 Å². The van der Waals surface area contributed by atoms with E-state index in [1.54, 1.807) is 50.4 Å². The summed E-state index contributed by atoms with van der Waals surface area (Å²) in [6, 6.07) is 3.34. The molecule has 35 heavy (non-hydrogen) atoms. The second-order valence-electron chi connectivity index (χ2n) is 9.43. The molecule has 1 saturated heterocycles. The first-order valence-corrected chi connectivity index (χ1v) is 12.3. The van der Waals surface area contributed by atoms with Crippen molar-refractivity contribution in [3.05, 3.63) is 41.2 Å². The fraction of sp³-hybridized carbons (Fsp3) is 0.417. The van der Waals surface area contributed by atoms with Crippen LogP contribution in [0.2, 0.25) is 0 Å². The van der Waals surface area contributed by atoms with Gasteiger partial charge in [-0.15, -0.1) is 11.3 Å². The van der Waals surface area contributed by atoms with E-state index in [0.717, 1.165) is 35.2 Å². The highest BCUT2D eigenvalue weighted by atomic mass is 32.1. The van der Waals surface area contributed by atoms with Crippen molar-refractivity contribution >= 4 is 51.1 Å². The van der Waals surface area contributed by atoms with Crippen LogP contribution in [0.3, 0.4) is 0 Å². The van der Waals surface area contributed by atoms with Crippen molar-refractivity contribution in [2.24, 2.45) is 0 Å². The zero-order valence-corrected chi connectivity index (χ0v) is 20.9. The maximum Gasteiger partial charge on any atom is 0.413 e. The van der Waals surface area contributed by atoms with Crippen LogP contribution >= 0.6 is 11.3 Å². The van der Waals surface area contributed by atoms with Gasteiger partial charge in [0, 0.05) is 12.7 Å². The molecule has 3 aromatic rings. The Morgan fingerprint density at radius 1 is 1.09 bits per heavy atom. The number of anilines is 2. The van der Waals surface area contributed by atoms with Gasteiger partial charge in [0.1, 0.15) is 21.8 Å². The number of aromatic nitrogens is 3. The maximum absolute atomic E-state index is 13.1. The van der Waals surface area contributed by atoms with Crippen LogP contribution in [0.4, 0.5) is 16.3 Å². The molecule has 0 radical (unpaired) electrons. The summed E-state index contributed by atoms with van der Waals surface area (Å²) in [6.07, 6.45) is 5.06. The number of hydrogen-bond donors (Lipinski definition) is 2. The molecule has 0 unspecified atom stereocenters. The van der Waals surface area contributed by atoms with E-state index in [1.165, 1.54) is 17.5 Å². The number of amides is 3. The zero-order chi connectivity index (χ0) is 25.2. The number of ether oxygens (including phenoxy) is 1. The molecule has 1 aliphatic heterocycles. The highest BCUT2D eigenvalue weighted by Gasteiger charge is 2.32. The second kappa shape index (κ2) is 9.95. The minimum atomic E-state index is -0.742. The fourth-order valence-electron chi connectivity index (χ4n) is 3.97. The lowest BCUT2D eigenvalue weighted by Crippen LogP contribution is -2.44. The number of carbonyl (C=O) groups is 3. The van der Waals surface area contributed by atoms with Crippen LogP contribution in [0, 0.1) is 6.92 Å². The number of rotatable bonds is 3. The van der Waals surface area contributed by atoms with Crippen LogP contribution < -0.4 is 10.6 Å². The zero-order valence-electron chi connectivity index (χ0n) is 20.1. The van der Waals surface area contributed by atoms with Crippen LogP contribution in [0.15, 0.2) is 30.0 Å². The summed E-state index contributed by atoms with van der Waals surface area (Å²) in [5.74, 6) is -1.04. The molecular formula is C24H28N6O4S. The molecule has 3 amide bonds. The van der Waals surface area contributed by atoms with Crippen molar-refractivity contribution in [2.75, 3.05) is 17.2 Å². The highest BCUT2D eigenvalue weighted by molar-refractivity contribution is 7.16. The molecule has 0 saturated carbocycles. The molecule has 0 spiro atoms. The van der Waals surface area contributed by atoms with E-state index >= 15 is 0 Å². The summed E-state index contributed by atoms with van der Waals surface area (Å²) >= 11 is 1.46. The Morgan fingerprint density at radius 2 is 1.89 bits per heavy atom. The number of carbonyl (C=O) groups excluding carboxylic acids is 3. The number of hydrogen-bond acceptors (Lipinski definition) is 8. The molecular weight excluding hydrogens is 468 g/mol. The molecule has 184 valence electrons. The number of thiazole rings is 1. The number of aryl methyl sites for hydroxylation is 1. The number of likely N-dealkylation sites (tertiary alicyclic amines) is 1. The smallest absolute Gasteiger partial charge is 0.413 e. The van der Waals surface area contributed by atoms with Crippen LogP contribution in [-0.2, 0) is 14.3 Å². The first-order valence-electron chi connectivity index (χ1n) is 11.4. The molecule has 4 heterocycles. The van der Waals surface area contributed by atoms with E-state index in [-0.39, 0.29) is 6.04 Å². The van der Waals surface area contributed by atoms with Crippen LogP contribution in [0.5, 0.6) is 0 Å². The second-order valence-corrected chi connectivity index (χ2v) is 10.3. The average Bonchev–Trinajstić information content (AvgIpc) is 3.27. The molecule has 0 aliphatic carbocycles. The summed E-state index contributed by atoms with van der Waals surface area (Å²) in [5.41, 5.74) is 3.73. The van der Waals surface area contributed by atoms with Gasteiger partial charge in [-0.3, -0.25) is 14.9 Å². The molecule has 1 fully saturated rings. The predicted molar refractivity (Wildman–Crippen MR) is 133 cm³/mol. The first-order chi connectivity index (χ1) is 16.6. The quantitative estimate of drug-likeness (QED) is 0.514. The van der Waals surface area contributed by atoms with Gasteiger partial charge in [-0.25, -0.2) is 19.7 Å². The van der Waals surface area contributed by atoms with Gasteiger partial charge in [-0.2, -0.15) is 0 Å². The van der Waals surface area contributed by atoms with Gasteiger partial charge in [0.2, 0.25) is 0 Å². The van der Waals surface area contributed by atoms with Gasteiger partial charge in [0.15, 0.2) is 0 Å². The Labute approximate surface area is 207 Å². The predicted octanol–water partition coefficient (Wildman–Crippen LogP) is 4.43. The third kappa shape index (κ3) is 5.91. The molecule has 11 heteroatoms. The SMILES string of the molecule is Cc1cc(NC(=O)C(=O)N2CCCC[C@H]2c2cnc3scnc3c2)cnc1NC(=O)OC(C)(C)C. The monoisotopic (exact) mass is 496 g/mol. The van der Waals surface area contributed by atoms with Gasteiger partial charge in [0.25, 0.3) is 0 Å². The molecule has 2 N–H and O–H groups in total. The van der Waals surface area contributed by atoms with Gasteiger partial charge in [-0.05, 0) is 70.2 Å². The third-order valence-corrected chi connectivity index (χ3v) is 6.26. The molecule has 0 aromatic carbocycles. The summed E-state index contributed by atoms with van der Waals surface area (Å²) in [6.45, 7) is 7.53. The lowest BCUT2D eigenvalue weighted by Gasteiger charge is -2.35. The van der Waals surface area contributed by atoms with E-state index < -0.39 is 23.5 Å². The standard InChI is InChI=1S/C24H28N6O4S/c1-14-9-16(12-25-19(14)29-23(33)34-24(2,3)4)28-20(31)22(32)30-8-6-5-7-18(30)15-10-17-21(26-11-15)35-13-27-17/h9-13,18H,5-8H2,1-4H3,(H,28,31)(H,25,29,33)/t18-/m0/s1. The van der Waals surface area contributed by atoms with E-state index in [0.29, 0.717) is 23.6 Å². The number of piperidine rings is 1. The highest BCUT2D eigenvalue weighted by Crippen LogP contribution is 2.32. The van der Waals surface area contributed by atoms with Crippen LogP contribution in [0.25, 0.3) is 10.3 Å². The summed E-state index contributed by atoms with van der Waals surface area (Å²) in [4.78, 5) is 53.4. The Kier molecular flexibility index (Phi) is 6.97. The van der Waals surface area contributed by atoms with Crippen LogP contribution in [0.1, 0.15) is 57.2 Å². The summed E-state index contributed by atoms with van der Waals surface area (Å²) in [5, 5.41) is 5.22. The van der Waals surface area contributed by atoms with Crippen molar-refractivity contribution in [3.63, 3.8) is 0 Å². The summed E-state index contributed by atoms with van der Waals surface area (Å²) in [7, 11) is 0. The Bertz CT molecular complexity index is 1270. The third-order valence-electron chi connectivity index (χ3n) is 5.51. The minimum Gasteiger partial charge on any atom is -0.444 e. The minimum absolute atomic E-state index is 0.235. The lowest BCUT2D eigenvalue weighted by molar-refractivity contribution is -0.145.